The molecule has 0 spiro atoms. The quantitative estimate of drug-likeness (QED) is 0.889. The molecule has 0 bridgehead atoms. The standard InChI is InChI=1S/C15H13Cl2N3O2/c1-8(21)18-14-4-3-13(15(20-14)19-9(2)22)10-5-11(16)7-12(17)6-10/h3-7H,1-2H3,(H2,18,19,20,21,22). The van der Waals surface area contributed by atoms with Crippen LogP contribution < -0.4 is 10.6 Å². The minimum Gasteiger partial charge on any atom is -0.311 e. The van der Waals surface area contributed by atoms with Crippen molar-refractivity contribution in [2.24, 2.45) is 0 Å². The number of halogens is 2. The summed E-state index contributed by atoms with van der Waals surface area (Å²) < 4.78 is 0. The number of benzene rings is 1. The molecular formula is C15H13Cl2N3O2. The molecule has 0 radical (unpaired) electrons. The zero-order valence-corrected chi connectivity index (χ0v) is 13.4. The van der Waals surface area contributed by atoms with Gasteiger partial charge in [0.2, 0.25) is 11.8 Å². The number of hydrogen-bond donors (Lipinski definition) is 2. The number of anilines is 2. The van der Waals surface area contributed by atoms with Crippen molar-refractivity contribution < 1.29 is 9.59 Å². The Bertz CT molecular complexity index is 727. The number of aromatic nitrogens is 1. The molecule has 0 aliphatic heterocycles. The first-order valence-electron chi connectivity index (χ1n) is 6.38. The number of pyridine rings is 1. The van der Waals surface area contributed by atoms with E-state index in [2.05, 4.69) is 15.6 Å². The van der Waals surface area contributed by atoms with Gasteiger partial charge in [-0.1, -0.05) is 23.2 Å². The number of rotatable bonds is 3. The van der Waals surface area contributed by atoms with E-state index in [1.54, 1.807) is 30.3 Å². The van der Waals surface area contributed by atoms with E-state index in [4.69, 9.17) is 23.2 Å². The summed E-state index contributed by atoms with van der Waals surface area (Å²) in [5, 5.41) is 6.15. The maximum atomic E-state index is 11.4. The smallest absolute Gasteiger partial charge is 0.222 e. The number of nitrogens with one attached hydrogen (secondary N) is 2. The molecule has 2 N–H and O–H groups in total. The minimum atomic E-state index is -0.276. The number of amides is 2. The molecule has 2 aromatic rings. The van der Waals surface area contributed by atoms with Gasteiger partial charge in [-0.15, -0.1) is 0 Å². The Morgan fingerprint density at radius 3 is 2.09 bits per heavy atom. The highest BCUT2D eigenvalue weighted by Crippen LogP contribution is 2.32. The van der Waals surface area contributed by atoms with Crippen LogP contribution in [0.4, 0.5) is 11.6 Å². The van der Waals surface area contributed by atoms with Gasteiger partial charge in [0.05, 0.1) is 0 Å². The Kier molecular flexibility index (Phi) is 5.00. The first-order valence-corrected chi connectivity index (χ1v) is 7.13. The third-order valence-electron chi connectivity index (χ3n) is 2.67. The molecule has 1 heterocycles. The van der Waals surface area contributed by atoms with Crippen LogP contribution in [0, 0.1) is 0 Å². The molecule has 7 heteroatoms. The van der Waals surface area contributed by atoms with Gasteiger partial charge in [-0.25, -0.2) is 4.98 Å². The third kappa shape index (κ3) is 4.19. The lowest BCUT2D eigenvalue weighted by Crippen LogP contribution is -2.12. The molecule has 22 heavy (non-hydrogen) atoms. The summed E-state index contributed by atoms with van der Waals surface area (Å²) >= 11 is 12.0. The summed E-state index contributed by atoms with van der Waals surface area (Å²) in [5.41, 5.74) is 1.36. The van der Waals surface area contributed by atoms with Crippen molar-refractivity contribution in [1.29, 1.82) is 0 Å². The molecule has 0 saturated carbocycles. The first kappa shape index (κ1) is 16.3. The Morgan fingerprint density at radius 1 is 0.955 bits per heavy atom. The van der Waals surface area contributed by atoms with Crippen molar-refractivity contribution in [2.45, 2.75) is 13.8 Å². The fourth-order valence-corrected chi connectivity index (χ4v) is 2.44. The van der Waals surface area contributed by atoms with E-state index in [0.717, 1.165) is 0 Å². The second-order valence-corrected chi connectivity index (χ2v) is 5.49. The Hall–Kier alpha value is -2.11. The lowest BCUT2D eigenvalue weighted by atomic mass is 10.1. The predicted molar refractivity (Wildman–Crippen MR) is 88.3 cm³/mol. The van der Waals surface area contributed by atoms with Gasteiger partial charge in [-0.2, -0.15) is 0 Å². The van der Waals surface area contributed by atoms with Crippen LogP contribution in [-0.4, -0.2) is 16.8 Å². The topological polar surface area (TPSA) is 71.1 Å². The highest BCUT2D eigenvalue weighted by atomic mass is 35.5. The Balaban J connectivity index is 2.53. The second kappa shape index (κ2) is 6.77. The molecule has 2 rings (SSSR count). The average molecular weight is 338 g/mol. The maximum Gasteiger partial charge on any atom is 0.222 e. The van der Waals surface area contributed by atoms with Gasteiger partial charge in [-0.05, 0) is 35.9 Å². The summed E-state index contributed by atoms with van der Waals surface area (Å²) in [4.78, 5) is 26.7. The monoisotopic (exact) mass is 337 g/mol. The van der Waals surface area contributed by atoms with E-state index in [1.165, 1.54) is 13.8 Å². The third-order valence-corrected chi connectivity index (χ3v) is 3.10. The molecule has 1 aromatic heterocycles. The molecule has 0 aliphatic carbocycles. The van der Waals surface area contributed by atoms with Crippen LogP contribution in [0.5, 0.6) is 0 Å². The highest BCUT2D eigenvalue weighted by molar-refractivity contribution is 6.35. The summed E-state index contributed by atoms with van der Waals surface area (Å²) in [7, 11) is 0. The Morgan fingerprint density at radius 2 is 1.55 bits per heavy atom. The van der Waals surface area contributed by atoms with Gasteiger partial charge in [-0.3, -0.25) is 9.59 Å². The van der Waals surface area contributed by atoms with Crippen molar-refractivity contribution >= 4 is 46.7 Å². The summed E-state index contributed by atoms with van der Waals surface area (Å²) in [5.74, 6) is 0.131. The number of carbonyl (C=O) groups excluding carboxylic acids is 2. The molecule has 0 unspecified atom stereocenters. The van der Waals surface area contributed by atoms with E-state index in [-0.39, 0.29) is 11.8 Å². The second-order valence-electron chi connectivity index (χ2n) is 4.61. The molecule has 0 aliphatic rings. The van der Waals surface area contributed by atoms with Gasteiger partial charge in [0.1, 0.15) is 11.6 Å². The lowest BCUT2D eigenvalue weighted by Gasteiger charge is -2.12. The predicted octanol–water partition coefficient (Wildman–Crippen LogP) is 3.97. The zero-order chi connectivity index (χ0) is 16.3. The van der Waals surface area contributed by atoms with Gasteiger partial charge in [0.25, 0.3) is 0 Å². The van der Waals surface area contributed by atoms with E-state index in [1.807, 2.05) is 0 Å². The van der Waals surface area contributed by atoms with Crippen LogP contribution in [0.15, 0.2) is 30.3 Å². The maximum absolute atomic E-state index is 11.4. The van der Waals surface area contributed by atoms with E-state index in [9.17, 15) is 9.59 Å². The van der Waals surface area contributed by atoms with Crippen LogP contribution in [0.2, 0.25) is 10.0 Å². The number of nitrogens with zero attached hydrogens (tertiary/aromatic N) is 1. The lowest BCUT2D eigenvalue weighted by molar-refractivity contribution is -0.115. The van der Waals surface area contributed by atoms with Crippen molar-refractivity contribution in [3.05, 3.63) is 40.4 Å². The minimum absolute atomic E-state index is 0.250. The van der Waals surface area contributed by atoms with Gasteiger partial charge in [0, 0.05) is 29.5 Å². The summed E-state index contributed by atoms with van der Waals surface area (Å²) in [6.45, 7) is 2.76. The van der Waals surface area contributed by atoms with Crippen molar-refractivity contribution in [2.75, 3.05) is 10.6 Å². The fourth-order valence-electron chi connectivity index (χ4n) is 1.91. The molecule has 0 fully saturated rings. The van der Waals surface area contributed by atoms with Crippen LogP contribution in [-0.2, 0) is 9.59 Å². The van der Waals surface area contributed by atoms with Crippen molar-refractivity contribution in [1.82, 2.24) is 4.98 Å². The van der Waals surface area contributed by atoms with E-state index in [0.29, 0.717) is 32.8 Å². The van der Waals surface area contributed by atoms with Crippen molar-refractivity contribution in [3.8, 4) is 11.1 Å². The Labute approximate surface area is 137 Å². The van der Waals surface area contributed by atoms with E-state index < -0.39 is 0 Å². The number of hydrogen-bond acceptors (Lipinski definition) is 3. The highest BCUT2D eigenvalue weighted by Gasteiger charge is 2.11. The fraction of sp³-hybridized carbons (Fsp3) is 0.133. The number of carbonyl (C=O) groups is 2. The van der Waals surface area contributed by atoms with Crippen LogP contribution in [0.25, 0.3) is 11.1 Å². The van der Waals surface area contributed by atoms with Gasteiger partial charge < -0.3 is 10.6 Å². The molecule has 2 amide bonds. The van der Waals surface area contributed by atoms with Crippen LogP contribution >= 0.6 is 23.2 Å². The molecule has 1 aromatic carbocycles. The molecule has 114 valence electrons. The first-order chi connectivity index (χ1) is 10.3. The van der Waals surface area contributed by atoms with Crippen LogP contribution in [0.3, 0.4) is 0 Å². The van der Waals surface area contributed by atoms with Crippen molar-refractivity contribution in [3.63, 3.8) is 0 Å². The SMILES string of the molecule is CC(=O)Nc1ccc(-c2cc(Cl)cc(Cl)c2)c(NC(C)=O)n1. The largest absolute Gasteiger partial charge is 0.311 e. The zero-order valence-electron chi connectivity index (χ0n) is 11.9. The normalized spacial score (nSPS) is 10.2. The molecule has 0 saturated heterocycles. The molecule has 0 atom stereocenters. The summed E-state index contributed by atoms with van der Waals surface area (Å²) in [6, 6.07) is 8.41. The summed E-state index contributed by atoms with van der Waals surface area (Å²) in [6.07, 6.45) is 0. The average Bonchev–Trinajstić information content (AvgIpc) is 2.36. The van der Waals surface area contributed by atoms with Gasteiger partial charge in [0.15, 0.2) is 0 Å². The molecule has 5 nitrogen and oxygen atoms in total. The van der Waals surface area contributed by atoms with Gasteiger partial charge >= 0.3 is 0 Å². The van der Waals surface area contributed by atoms with Crippen LogP contribution in [0.1, 0.15) is 13.8 Å². The van der Waals surface area contributed by atoms with E-state index >= 15 is 0 Å². The molecular weight excluding hydrogens is 325 g/mol.